The Kier molecular flexibility index (Phi) is 11.8. The van der Waals surface area contributed by atoms with E-state index in [0.29, 0.717) is 0 Å². The van der Waals surface area contributed by atoms with Crippen LogP contribution >= 0.6 is 0 Å². The zero-order valence-corrected chi connectivity index (χ0v) is 14.7. The third kappa shape index (κ3) is 11.3. The SMILES string of the molecule is CCCCCCCCCCCCNC(=NC)[N+](C)(C)C. The zero-order chi connectivity index (χ0) is 15.3. The Hall–Kier alpha value is -0.570. The number of hydrogen-bond donors (Lipinski definition) is 1. The molecule has 0 aromatic carbocycles. The molecule has 120 valence electrons. The lowest BCUT2D eigenvalue weighted by Crippen LogP contribution is -2.49. The lowest BCUT2D eigenvalue weighted by atomic mass is 10.1. The minimum absolute atomic E-state index is 0.772. The Balaban J connectivity index is 3.33. The molecule has 0 atom stereocenters. The van der Waals surface area contributed by atoms with Crippen LogP contribution in [0.5, 0.6) is 0 Å². The van der Waals surface area contributed by atoms with Gasteiger partial charge in [0.05, 0.1) is 21.1 Å². The highest BCUT2D eigenvalue weighted by Gasteiger charge is 2.15. The van der Waals surface area contributed by atoms with Crippen LogP contribution in [-0.2, 0) is 0 Å². The smallest absolute Gasteiger partial charge is 0.296 e. The average molecular weight is 285 g/mol. The van der Waals surface area contributed by atoms with E-state index in [1.165, 1.54) is 64.2 Å². The quantitative estimate of drug-likeness (QED) is 0.262. The first-order valence-corrected chi connectivity index (χ1v) is 8.55. The fraction of sp³-hybridized carbons (Fsp3) is 0.941. The lowest BCUT2D eigenvalue weighted by molar-refractivity contribution is -0.779. The second kappa shape index (κ2) is 12.2. The van der Waals surface area contributed by atoms with E-state index in [1.807, 2.05) is 7.05 Å². The maximum Gasteiger partial charge on any atom is 0.296 e. The van der Waals surface area contributed by atoms with Crippen molar-refractivity contribution in [1.82, 2.24) is 5.32 Å². The van der Waals surface area contributed by atoms with E-state index in [9.17, 15) is 0 Å². The standard InChI is InChI=1S/C17H38N3/c1-6-7-8-9-10-11-12-13-14-15-16-19-17(18-2)20(3,4)5/h6-16H2,1-5H3,(H,18,19)/q+1. The summed E-state index contributed by atoms with van der Waals surface area (Å²) in [5.74, 6) is 1.07. The lowest BCUT2D eigenvalue weighted by Gasteiger charge is -2.24. The van der Waals surface area contributed by atoms with Crippen LogP contribution < -0.4 is 5.32 Å². The Labute approximate surface area is 127 Å². The van der Waals surface area contributed by atoms with Gasteiger partial charge in [0.1, 0.15) is 0 Å². The van der Waals surface area contributed by atoms with Gasteiger partial charge in [0.2, 0.25) is 0 Å². The van der Waals surface area contributed by atoms with Crippen molar-refractivity contribution in [2.45, 2.75) is 71.1 Å². The van der Waals surface area contributed by atoms with Crippen molar-refractivity contribution in [3.63, 3.8) is 0 Å². The monoisotopic (exact) mass is 284 g/mol. The van der Waals surface area contributed by atoms with Gasteiger partial charge in [-0.25, -0.2) is 4.99 Å². The van der Waals surface area contributed by atoms with Crippen LogP contribution in [0.4, 0.5) is 0 Å². The zero-order valence-electron chi connectivity index (χ0n) is 14.7. The molecule has 0 rings (SSSR count). The van der Waals surface area contributed by atoms with Gasteiger partial charge in [-0.15, -0.1) is 0 Å². The molecule has 0 bridgehead atoms. The number of nitrogens with zero attached hydrogens (tertiary/aromatic N) is 2. The largest absolute Gasteiger partial charge is 0.325 e. The van der Waals surface area contributed by atoms with Crippen LogP contribution in [-0.4, -0.2) is 45.2 Å². The van der Waals surface area contributed by atoms with E-state index >= 15 is 0 Å². The van der Waals surface area contributed by atoms with Gasteiger partial charge in [-0.2, -0.15) is 0 Å². The summed E-state index contributed by atoms with van der Waals surface area (Å²) < 4.78 is 0.772. The van der Waals surface area contributed by atoms with Crippen LogP contribution in [0.15, 0.2) is 4.99 Å². The number of quaternary nitrogens is 1. The third-order valence-corrected chi connectivity index (χ3v) is 3.66. The molecule has 0 aliphatic carbocycles. The van der Waals surface area contributed by atoms with Crippen molar-refractivity contribution in [2.24, 2.45) is 4.99 Å². The maximum atomic E-state index is 4.32. The van der Waals surface area contributed by atoms with Gasteiger partial charge in [-0.1, -0.05) is 64.7 Å². The Morgan fingerprint density at radius 1 is 0.800 bits per heavy atom. The number of rotatable bonds is 11. The molecular weight excluding hydrogens is 246 g/mol. The summed E-state index contributed by atoms with van der Waals surface area (Å²) in [6, 6.07) is 0. The maximum absolute atomic E-state index is 4.32. The highest BCUT2D eigenvalue weighted by Crippen LogP contribution is 2.10. The fourth-order valence-electron chi connectivity index (χ4n) is 2.43. The Morgan fingerprint density at radius 2 is 1.25 bits per heavy atom. The summed E-state index contributed by atoms with van der Waals surface area (Å²) in [6.07, 6.45) is 13.9. The molecule has 0 unspecified atom stereocenters. The van der Waals surface area contributed by atoms with Crippen molar-refractivity contribution in [2.75, 3.05) is 34.7 Å². The van der Waals surface area contributed by atoms with Crippen LogP contribution in [0, 0.1) is 0 Å². The molecule has 0 fully saturated rings. The third-order valence-electron chi connectivity index (χ3n) is 3.66. The topological polar surface area (TPSA) is 24.4 Å². The minimum Gasteiger partial charge on any atom is -0.325 e. The molecule has 0 heterocycles. The predicted octanol–water partition coefficient (Wildman–Crippen LogP) is 4.19. The summed E-state index contributed by atoms with van der Waals surface area (Å²) in [4.78, 5) is 4.32. The molecule has 3 nitrogen and oxygen atoms in total. The van der Waals surface area contributed by atoms with Gasteiger partial charge in [0, 0.05) is 13.6 Å². The normalized spacial score (nSPS) is 12.8. The van der Waals surface area contributed by atoms with Crippen molar-refractivity contribution >= 4 is 5.96 Å². The molecule has 1 N–H and O–H groups in total. The predicted molar refractivity (Wildman–Crippen MR) is 91.2 cm³/mol. The average Bonchev–Trinajstić information content (AvgIpc) is 2.38. The Morgan fingerprint density at radius 3 is 1.65 bits per heavy atom. The van der Waals surface area contributed by atoms with Crippen LogP contribution in [0.3, 0.4) is 0 Å². The van der Waals surface area contributed by atoms with Gasteiger partial charge >= 0.3 is 0 Å². The van der Waals surface area contributed by atoms with Crippen LogP contribution in [0.1, 0.15) is 71.1 Å². The molecule has 0 saturated heterocycles. The first-order chi connectivity index (χ1) is 9.52. The number of hydrogen-bond acceptors (Lipinski definition) is 1. The molecule has 0 radical (unpaired) electrons. The highest BCUT2D eigenvalue weighted by atomic mass is 15.4. The second-order valence-electron chi connectivity index (χ2n) is 6.67. The molecule has 0 aromatic rings. The van der Waals surface area contributed by atoms with Crippen molar-refractivity contribution in [3.05, 3.63) is 0 Å². The highest BCUT2D eigenvalue weighted by molar-refractivity contribution is 5.72. The van der Waals surface area contributed by atoms with E-state index in [0.717, 1.165) is 17.0 Å². The number of aliphatic imine (C=N–C) groups is 1. The summed E-state index contributed by atoms with van der Waals surface area (Å²) in [5.41, 5.74) is 0. The van der Waals surface area contributed by atoms with Crippen LogP contribution in [0.2, 0.25) is 0 Å². The van der Waals surface area contributed by atoms with Gasteiger partial charge in [0.25, 0.3) is 5.96 Å². The minimum atomic E-state index is 0.772. The van der Waals surface area contributed by atoms with Crippen molar-refractivity contribution in [1.29, 1.82) is 0 Å². The van der Waals surface area contributed by atoms with E-state index in [2.05, 4.69) is 38.4 Å². The fourth-order valence-corrected chi connectivity index (χ4v) is 2.43. The molecule has 3 heteroatoms. The first-order valence-electron chi connectivity index (χ1n) is 8.55. The molecular formula is C17H38N3+. The summed E-state index contributed by atoms with van der Waals surface area (Å²) in [6.45, 7) is 3.33. The number of nitrogens with one attached hydrogen (secondary N) is 1. The molecule has 0 aromatic heterocycles. The van der Waals surface area contributed by atoms with Gasteiger partial charge in [0.15, 0.2) is 0 Å². The Bertz CT molecular complexity index is 241. The van der Waals surface area contributed by atoms with Gasteiger partial charge in [-0.3, -0.25) is 4.48 Å². The molecule has 0 amide bonds. The number of unbranched alkanes of at least 4 members (excludes halogenated alkanes) is 9. The molecule has 0 aliphatic rings. The number of guanidine groups is 1. The summed E-state index contributed by atoms with van der Waals surface area (Å²) in [5, 5.41) is 3.46. The van der Waals surface area contributed by atoms with Crippen molar-refractivity contribution < 1.29 is 4.48 Å². The first kappa shape index (κ1) is 19.4. The van der Waals surface area contributed by atoms with Crippen molar-refractivity contribution in [3.8, 4) is 0 Å². The molecule has 0 spiro atoms. The molecule has 0 saturated carbocycles. The van der Waals surface area contributed by atoms with E-state index in [4.69, 9.17) is 0 Å². The second-order valence-corrected chi connectivity index (χ2v) is 6.67. The van der Waals surface area contributed by atoms with Crippen LogP contribution in [0.25, 0.3) is 0 Å². The molecule has 20 heavy (non-hydrogen) atoms. The summed E-state index contributed by atoms with van der Waals surface area (Å²) in [7, 11) is 8.31. The van der Waals surface area contributed by atoms with E-state index < -0.39 is 0 Å². The summed E-state index contributed by atoms with van der Waals surface area (Å²) >= 11 is 0. The van der Waals surface area contributed by atoms with Gasteiger partial charge in [-0.05, 0) is 6.42 Å². The van der Waals surface area contributed by atoms with E-state index in [-0.39, 0.29) is 0 Å². The van der Waals surface area contributed by atoms with E-state index in [1.54, 1.807) is 0 Å². The molecule has 0 aliphatic heterocycles. The van der Waals surface area contributed by atoms with Gasteiger partial charge < -0.3 is 5.32 Å².